The zero-order valence-corrected chi connectivity index (χ0v) is 8.44. The van der Waals surface area contributed by atoms with Gasteiger partial charge in [0, 0.05) is 18.1 Å². The average Bonchev–Trinajstić information content (AvgIpc) is 2.22. The minimum atomic E-state index is 0.402. The van der Waals surface area contributed by atoms with Crippen molar-refractivity contribution in [2.75, 3.05) is 11.1 Å². The Balaban J connectivity index is 2.26. The highest BCUT2D eigenvalue weighted by molar-refractivity contribution is 5.65. The summed E-state index contributed by atoms with van der Waals surface area (Å²) in [7, 11) is 0. The number of anilines is 3. The number of nitrogens with two attached hydrogens (primary N) is 1. The minimum Gasteiger partial charge on any atom is -0.381 e. The van der Waals surface area contributed by atoms with E-state index < -0.39 is 0 Å². The number of nitrogens with zero attached hydrogens (tertiary/aromatic N) is 2. The van der Waals surface area contributed by atoms with Crippen molar-refractivity contribution in [2.24, 2.45) is 0 Å². The van der Waals surface area contributed by atoms with E-state index in [-0.39, 0.29) is 0 Å². The highest BCUT2D eigenvalue weighted by Gasteiger charge is 2.00. The fraction of sp³-hybridized carbons (Fsp3) is 0.0909. The quantitative estimate of drug-likeness (QED) is 0.779. The third-order valence-corrected chi connectivity index (χ3v) is 2.01. The molecule has 0 aliphatic carbocycles. The van der Waals surface area contributed by atoms with Crippen molar-refractivity contribution in [3.8, 4) is 0 Å². The van der Waals surface area contributed by atoms with Crippen molar-refractivity contribution in [2.45, 2.75) is 6.92 Å². The lowest BCUT2D eigenvalue weighted by Crippen LogP contribution is -2.00. The number of aryl methyl sites for hydroxylation is 1. The number of benzene rings is 1. The highest BCUT2D eigenvalue weighted by atomic mass is 15.0. The molecule has 4 heteroatoms. The number of aromatic nitrogens is 2. The summed E-state index contributed by atoms with van der Waals surface area (Å²) in [5, 5.41) is 3.11. The Hall–Kier alpha value is -2.10. The Kier molecular flexibility index (Phi) is 2.49. The van der Waals surface area contributed by atoms with Gasteiger partial charge in [-0.05, 0) is 24.6 Å². The van der Waals surface area contributed by atoms with E-state index in [1.807, 2.05) is 31.2 Å². The molecule has 0 amide bonds. The van der Waals surface area contributed by atoms with Gasteiger partial charge in [0.15, 0.2) is 11.6 Å². The average molecular weight is 200 g/mol. The van der Waals surface area contributed by atoms with E-state index in [2.05, 4.69) is 15.3 Å². The SMILES string of the molecule is Cc1cccc(Nc2nccnc2N)c1. The number of nitrogens with one attached hydrogen (secondary N) is 1. The largest absolute Gasteiger partial charge is 0.381 e. The maximum Gasteiger partial charge on any atom is 0.173 e. The van der Waals surface area contributed by atoms with Crippen LogP contribution in [0.1, 0.15) is 5.56 Å². The topological polar surface area (TPSA) is 63.8 Å². The molecule has 0 radical (unpaired) electrons. The van der Waals surface area contributed by atoms with Crippen molar-refractivity contribution in [1.29, 1.82) is 0 Å². The van der Waals surface area contributed by atoms with Crippen LogP contribution in [-0.4, -0.2) is 9.97 Å². The van der Waals surface area contributed by atoms with E-state index in [4.69, 9.17) is 5.73 Å². The predicted octanol–water partition coefficient (Wildman–Crippen LogP) is 2.11. The van der Waals surface area contributed by atoms with Crippen LogP contribution >= 0.6 is 0 Å². The summed E-state index contributed by atoms with van der Waals surface area (Å²) in [6, 6.07) is 7.99. The standard InChI is InChI=1S/C11H12N4/c1-8-3-2-4-9(7-8)15-11-10(12)13-5-6-14-11/h2-7H,1H3,(H2,12,13)(H,14,15). The molecule has 2 rings (SSSR count). The maximum absolute atomic E-state index is 5.67. The van der Waals surface area contributed by atoms with E-state index in [1.54, 1.807) is 12.4 Å². The van der Waals surface area contributed by atoms with Crippen molar-refractivity contribution < 1.29 is 0 Å². The first-order valence-corrected chi connectivity index (χ1v) is 4.66. The van der Waals surface area contributed by atoms with Crippen LogP contribution in [-0.2, 0) is 0 Å². The van der Waals surface area contributed by atoms with Crippen LogP contribution < -0.4 is 11.1 Å². The van der Waals surface area contributed by atoms with Gasteiger partial charge in [-0.1, -0.05) is 12.1 Å². The summed E-state index contributed by atoms with van der Waals surface area (Å²) in [6.07, 6.45) is 3.17. The molecule has 0 spiro atoms. The van der Waals surface area contributed by atoms with Gasteiger partial charge in [0.1, 0.15) is 0 Å². The first-order chi connectivity index (χ1) is 7.25. The molecular weight excluding hydrogens is 188 g/mol. The monoisotopic (exact) mass is 200 g/mol. The molecule has 1 aromatic carbocycles. The molecule has 0 saturated heterocycles. The van der Waals surface area contributed by atoms with Gasteiger partial charge >= 0.3 is 0 Å². The summed E-state index contributed by atoms with van der Waals surface area (Å²) in [4.78, 5) is 8.06. The Morgan fingerprint density at radius 1 is 1.20 bits per heavy atom. The number of hydrogen-bond acceptors (Lipinski definition) is 4. The molecule has 0 fully saturated rings. The molecule has 76 valence electrons. The van der Waals surface area contributed by atoms with Crippen LogP contribution in [0, 0.1) is 6.92 Å². The van der Waals surface area contributed by atoms with Crippen LogP contribution in [0.5, 0.6) is 0 Å². The summed E-state index contributed by atoms with van der Waals surface area (Å²) in [6.45, 7) is 2.03. The van der Waals surface area contributed by atoms with Crippen molar-refractivity contribution in [3.05, 3.63) is 42.2 Å². The van der Waals surface area contributed by atoms with Crippen LogP contribution in [0.15, 0.2) is 36.7 Å². The van der Waals surface area contributed by atoms with Gasteiger partial charge in [-0.2, -0.15) is 0 Å². The van der Waals surface area contributed by atoms with E-state index in [9.17, 15) is 0 Å². The lowest BCUT2D eigenvalue weighted by Gasteiger charge is -2.07. The maximum atomic E-state index is 5.67. The normalized spacial score (nSPS) is 9.93. The molecular formula is C11H12N4. The zero-order valence-electron chi connectivity index (χ0n) is 8.44. The predicted molar refractivity (Wildman–Crippen MR) is 60.9 cm³/mol. The van der Waals surface area contributed by atoms with E-state index in [0.717, 1.165) is 5.69 Å². The fourth-order valence-corrected chi connectivity index (χ4v) is 1.30. The lowest BCUT2D eigenvalue weighted by molar-refractivity contribution is 1.21. The number of nitrogen functional groups attached to an aromatic ring is 1. The van der Waals surface area contributed by atoms with Gasteiger partial charge in [0.25, 0.3) is 0 Å². The third-order valence-electron chi connectivity index (χ3n) is 2.01. The smallest absolute Gasteiger partial charge is 0.173 e. The molecule has 15 heavy (non-hydrogen) atoms. The Labute approximate surface area is 88.2 Å². The van der Waals surface area contributed by atoms with Gasteiger partial charge in [-0.15, -0.1) is 0 Å². The van der Waals surface area contributed by atoms with E-state index in [0.29, 0.717) is 11.6 Å². The van der Waals surface area contributed by atoms with Crippen molar-refractivity contribution in [3.63, 3.8) is 0 Å². The van der Waals surface area contributed by atoms with Gasteiger partial charge in [0.2, 0.25) is 0 Å². The second-order valence-corrected chi connectivity index (χ2v) is 3.28. The first kappa shape index (κ1) is 9.45. The molecule has 3 N–H and O–H groups in total. The highest BCUT2D eigenvalue weighted by Crippen LogP contribution is 2.18. The third kappa shape index (κ3) is 2.22. The Bertz CT molecular complexity index is 468. The fourth-order valence-electron chi connectivity index (χ4n) is 1.30. The van der Waals surface area contributed by atoms with E-state index in [1.165, 1.54) is 5.56 Å². The summed E-state index contributed by atoms with van der Waals surface area (Å²) < 4.78 is 0. The van der Waals surface area contributed by atoms with Gasteiger partial charge < -0.3 is 11.1 Å². The second kappa shape index (κ2) is 3.96. The molecule has 0 aliphatic rings. The van der Waals surface area contributed by atoms with Crippen LogP contribution in [0.4, 0.5) is 17.3 Å². The molecule has 0 aliphatic heterocycles. The minimum absolute atomic E-state index is 0.402. The molecule has 0 atom stereocenters. The van der Waals surface area contributed by atoms with E-state index >= 15 is 0 Å². The van der Waals surface area contributed by atoms with Crippen LogP contribution in [0.25, 0.3) is 0 Å². The molecule has 0 unspecified atom stereocenters. The summed E-state index contributed by atoms with van der Waals surface area (Å²) in [5.74, 6) is 0.988. The zero-order chi connectivity index (χ0) is 10.7. The van der Waals surface area contributed by atoms with Gasteiger partial charge in [-0.25, -0.2) is 9.97 Å². The molecule has 1 aromatic heterocycles. The molecule has 0 bridgehead atoms. The summed E-state index contributed by atoms with van der Waals surface area (Å²) in [5.41, 5.74) is 7.81. The van der Waals surface area contributed by atoms with Crippen LogP contribution in [0.2, 0.25) is 0 Å². The van der Waals surface area contributed by atoms with Gasteiger partial charge in [0.05, 0.1) is 0 Å². The lowest BCUT2D eigenvalue weighted by atomic mass is 10.2. The van der Waals surface area contributed by atoms with Crippen molar-refractivity contribution in [1.82, 2.24) is 9.97 Å². The molecule has 4 nitrogen and oxygen atoms in total. The number of rotatable bonds is 2. The Morgan fingerprint density at radius 2 is 2.00 bits per heavy atom. The van der Waals surface area contributed by atoms with Gasteiger partial charge in [-0.3, -0.25) is 0 Å². The van der Waals surface area contributed by atoms with Crippen molar-refractivity contribution >= 4 is 17.3 Å². The molecule has 1 heterocycles. The second-order valence-electron chi connectivity index (χ2n) is 3.28. The number of hydrogen-bond donors (Lipinski definition) is 2. The molecule has 2 aromatic rings. The Morgan fingerprint density at radius 3 is 2.73 bits per heavy atom. The molecule has 0 saturated carbocycles. The van der Waals surface area contributed by atoms with Crippen LogP contribution in [0.3, 0.4) is 0 Å². The first-order valence-electron chi connectivity index (χ1n) is 4.66. The summed E-state index contributed by atoms with van der Waals surface area (Å²) >= 11 is 0.